The van der Waals surface area contributed by atoms with Crippen LogP contribution in [0.3, 0.4) is 0 Å². The molecule has 1 rings (SSSR count). The summed E-state index contributed by atoms with van der Waals surface area (Å²) in [4.78, 5) is 22.1. The Balaban J connectivity index is 2.35. The molecular weight excluding hydrogens is 236 g/mol. The maximum atomic E-state index is 11.3. The van der Waals surface area contributed by atoms with Crippen molar-refractivity contribution in [1.82, 2.24) is 10.6 Å². The van der Waals surface area contributed by atoms with E-state index in [0.29, 0.717) is 6.54 Å². The molecule has 0 spiro atoms. The number of nitrogens with one attached hydrogen (secondary N) is 2. The van der Waals surface area contributed by atoms with Gasteiger partial charge in [0.2, 0.25) is 0 Å². The lowest BCUT2D eigenvalue weighted by Gasteiger charge is -2.07. The average Bonchev–Trinajstić information content (AvgIpc) is 2.42. The number of urea groups is 1. The largest absolute Gasteiger partial charge is 0.497 e. The lowest BCUT2D eigenvalue weighted by atomic mass is 10.2. The maximum Gasteiger partial charge on any atom is 0.325 e. The standard InChI is InChI=1S/C12H16N2O4/c1-17-10-5-3-4-9(6-10)7-13-12(16)14-8-11(15)18-2/h3-6H,7-8H2,1-2H3,(H2,13,14,16). The first-order valence-corrected chi connectivity index (χ1v) is 5.37. The van der Waals surface area contributed by atoms with E-state index >= 15 is 0 Å². The summed E-state index contributed by atoms with van der Waals surface area (Å²) >= 11 is 0. The fourth-order valence-corrected chi connectivity index (χ4v) is 1.25. The smallest absolute Gasteiger partial charge is 0.325 e. The summed E-state index contributed by atoms with van der Waals surface area (Å²) in [7, 11) is 2.84. The Hall–Kier alpha value is -2.24. The summed E-state index contributed by atoms with van der Waals surface area (Å²) in [5.74, 6) is 0.232. The molecule has 0 heterocycles. The van der Waals surface area contributed by atoms with Crippen molar-refractivity contribution in [2.45, 2.75) is 6.54 Å². The Morgan fingerprint density at radius 3 is 2.67 bits per heavy atom. The molecule has 6 heteroatoms. The normalized spacial score (nSPS) is 9.44. The van der Waals surface area contributed by atoms with Crippen LogP contribution in [0.25, 0.3) is 0 Å². The molecule has 98 valence electrons. The number of rotatable bonds is 5. The Kier molecular flexibility index (Phi) is 5.50. The molecule has 0 aromatic heterocycles. The monoisotopic (exact) mass is 252 g/mol. The zero-order valence-electron chi connectivity index (χ0n) is 10.4. The molecule has 0 atom stereocenters. The van der Waals surface area contributed by atoms with Crippen molar-refractivity contribution in [3.05, 3.63) is 29.8 Å². The predicted molar refractivity (Wildman–Crippen MR) is 65.2 cm³/mol. The number of benzene rings is 1. The third kappa shape index (κ3) is 4.73. The fraction of sp³-hybridized carbons (Fsp3) is 0.333. The molecule has 0 radical (unpaired) electrons. The van der Waals surface area contributed by atoms with Gasteiger partial charge in [-0.05, 0) is 17.7 Å². The van der Waals surface area contributed by atoms with Gasteiger partial charge in [0.15, 0.2) is 0 Å². The van der Waals surface area contributed by atoms with Crippen LogP contribution in [-0.4, -0.2) is 32.8 Å². The second-order valence-corrected chi connectivity index (χ2v) is 3.46. The van der Waals surface area contributed by atoms with Gasteiger partial charge in [-0.3, -0.25) is 4.79 Å². The molecule has 6 nitrogen and oxygen atoms in total. The van der Waals surface area contributed by atoms with E-state index in [1.165, 1.54) is 7.11 Å². The van der Waals surface area contributed by atoms with Crippen molar-refractivity contribution in [2.24, 2.45) is 0 Å². The molecule has 2 N–H and O–H groups in total. The molecule has 0 aliphatic heterocycles. The van der Waals surface area contributed by atoms with Crippen LogP contribution in [0.5, 0.6) is 5.75 Å². The summed E-state index contributed by atoms with van der Waals surface area (Å²) in [5, 5.41) is 4.99. The van der Waals surface area contributed by atoms with Gasteiger partial charge in [-0.25, -0.2) is 4.79 Å². The molecule has 0 aliphatic rings. The minimum atomic E-state index is -0.494. The highest BCUT2D eigenvalue weighted by molar-refractivity contribution is 5.80. The first kappa shape index (κ1) is 13.8. The van der Waals surface area contributed by atoms with Crippen LogP contribution in [0.1, 0.15) is 5.56 Å². The van der Waals surface area contributed by atoms with Crippen LogP contribution in [0.4, 0.5) is 4.79 Å². The number of carbonyl (C=O) groups is 2. The maximum absolute atomic E-state index is 11.3. The van der Waals surface area contributed by atoms with Gasteiger partial charge >= 0.3 is 12.0 Å². The van der Waals surface area contributed by atoms with E-state index in [1.807, 2.05) is 24.3 Å². The van der Waals surface area contributed by atoms with E-state index in [9.17, 15) is 9.59 Å². The van der Waals surface area contributed by atoms with Crippen molar-refractivity contribution in [1.29, 1.82) is 0 Å². The number of carbonyl (C=O) groups excluding carboxylic acids is 2. The molecule has 1 aromatic rings. The molecule has 0 saturated heterocycles. The lowest BCUT2D eigenvalue weighted by molar-refractivity contribution is -0.139. The summed E-state index contributed by atoms with van der Waals surface area (Å²) in [6.07, 6.45) is 0. The quantitative estimate of drug-likeness (QED) is 0.755. The molecular formula is C12H16N2O4. The number of methoxy groups -OCH3 is 2. The molecule has 0 unspecified atom stereocenters. The highest BCUT2D eigenvalue weighted by Gasteiger charge is 2.04. The summed E-state index contributed by atoms with van der Waals surface area (Å²) in [5.41, 5.74) is 0.905. The van der Waals surface area contributed by atoms with Gasteiger partial charge in [-0.15, -0.1) is 0 Å². The summed E-state index contributed by atoms with van der Waals surface area (Å²) in [6.45, 7) is 0.199. The van der Waals surface area contributed by atoms with Crippen molar-refractivity contribution < 1.29 is 19.1 Å². The van der Waals surface area contributed by atoms with E-state index in [2.05, 4.69) is 15.4 Å². The number of ether oxygens (including phenoxy) is 2. The van der Waals surface area contributed by atoms with Crippen LogP contribution in [0, 0.1) is 0 Å². The summed E-state index contributed by atoms with van der Waals surface area (Å²) < 4.78 is 9.46. The molecule has 0 saturated carbocycles. The molecule has 18 heavy (non-hydrogen) atoms. The first-order valence-electron chi connectivity index (χ1n) is 5.37. The number of hydrogen-bond acceptors (Lipinski definition) is 4. The zero-order valence-corrected chi connectivity index (χ0v) is 10.4. The van der Waals surface area contributed by atoms with Gasteiger partial charge in [0.1, 0.15) is 12.3 Å². The highest BCUT2D eigenvalue weighted by Crippen LogP contribution is 2.11. The van der Waals surface area contributed by atoms with E-state index in [1.54, 1.807) is 7.11 Å². The molecule has 0 aliphatic carbocycles. The van der Waals surface area contributed by atoms with Crippen LogP contribution >= 0.6 is 0 Å². The minimum Gasteiger partial charge on any atom is -0.497 e. The van der Waals surface area contributed by atoms with Crippen LogP contribution < -0.4 is 15.4 Å². The van der Waals surface area contributed by atoms with E-state index in [-0.39, 0.29) is 6.54 Å². The third-order valence-electron chi connectivity index (χ3n) is 2.21. The number of hydrogen-bond donors (Lipinski definition) is 2. The second-order valence-electron chi connectivity index (χ2n) is 3.46. The van der Waals surface area contributed by atoms with Gasteiger partial charge in [-0.2, -0.15) is 0 Å². The molecule has 2 amide bonds. The SMILES string of the molecule is COC(=O)CNC(=O)NCc1cccc(OC)c1. The molecule has 1 aromatic carbocycles. The van der Waals surface area contributed by atoms with Crippen LogP contribution in [-0.2, 0) is 16.1 Å². The second kappa shape index (κ2) is 7.16. The van der Waals surface area contributed by atoms with Gasteiger partial charge in [0.05, 0.1) is 14.2 Å². The third-order valence-corrected chi connectivity index (χ3v) is 2.21. The van der Waals surface area contributed by atoms with Gasteiger partial charge in [0, 0.05) is 6.54 Å². The van der Waals surface area contributed by atoms with Gasteiger partial charge < -0.3 is 20.1 Å². The first-order chi connectivity index (χ1) is 8.65. The Morgan fingerprint density at radius 1 is 1.22 bits per heavy atom. The van der Waals surface area contributed by atoms with Gasteiger partial charge in [0.25, 0.3) is 0 Å². The van der Waals surface area contributed by atoms with Crippen molar-refractivity contribution in [3.8, 4) is 5.75 Å². The lowest BCUT2D eigenvalue weighted by Crippen LogP contribution is -2.38. The van der Waals surface area contributed by atoms with E-state index < -0.39 is 12.0 Å². The number of esters is 1. The van der Waals surface area contributed by atoms with Gasteiger partial charge in [-0.1, -0.05) is 12.1 Å². The number of amides is 2. The molecule has 0 fully saturated rings. The average molecular weight is 252 g/mol. The topological polar surface area (TPSA) is 76.7 Å². The Labute approximate surface area is 105 Å². The van der Waals surface area contributed by atoms with Crippen molar-refractivity contribution in [2.75, 3.05) is 20.8 Å². The van der Waals surface area contributed by atoms with Crippen molar-refractivity contribution in [3.63, 3.8) is 0 Å². The van der Waals surface area contributed by atoms with Crippen LogP contribution in [0.15, 0.2) is 24.3 Å². The highest BCUT2D eigenvalue weighted by atomic mass is 16.5. The fourth-order valence-electron chi connectivity index (χ4n) is 1.25. The van der Waals surface area contributed by atoms with E-state index in [0.717, 1.165) is 11.3 Å². The zero-order chi connectivity index (χ0) is 13.4. The van der Waals surface area contributed by atoms with Crippen LogP contribution in [0.2, 0.25) is 0 Å². The summed E-state index contributed by atoms with van der Waals surface area (Å²) in [6, 6.07) is 6.91. The molecule has 0 bridgehead atoms. The predicted octanol–water partition coefficient (Wildman–Crippen LogP) is 0.667. The minimum absolute atomic E-state index is 0.152. The van der Waals surface area contributed by atoms with Crippen molar-refractivity contribution >= 4 is 12.0 Å². The Morgan fingerprint density at radius 2 is 2.00 bits per heavy atom. The van der Waals surface area contributed by atoms with E-state index in [4.69, 9.17) is 4.74 Å². The Bertz CT molecular complexity index is 420.